The normalized spacial score (nSPS) is 13.7. The number of hydrogen-bond donors (Lipinski definition) is 3. The summed E-state index contributed by atoms with van der Waals surface area (Å²) < 4.78 is 13.8. The first-order valence-corrected chi connectivity index (χ1v) is 12.1. The lowest BCUT2D eigenvalue weighted by Crippen LogP contribution is -2.39. The predicted octanol–water partition coefficient (Wildman–Crippen LogP) is 4.43. The summed E-state index contributed by atoms with van der Waals surface area (Å²) in [5.74, 6) is 0.680. The Balaban J connectivity index is 1.32. The SMILES string of the molecule is Cn1ccc2cc(-c3cc4c(c(C(=O)N[C@@H](CO)Cc5c[nH]c6ccccc56)c3)OCCO4)ccc21. The van der Waals surface area contributed by atoms with Crippen molar-refractivity contribution >= 4 is 27.7 Å². The number of nitrogens with zero attached hydrogens (tertiary/aromatic N) is 1. The Bertz CT molecular complexity index is 1580. The Morgan fingerprint density at radius 1 is 1.08 bits per heavy atom. The van der Waals surface area contributed by atoms with E-state index in [9.17, 15) is 9.90 Å². The molecule has 3 N–H and O–H groups in total. The minimum Gasteiger partial charge on any atom is -0.486 e. The van der Waals surface area contributed by atoms with Gasteiger partial charge in [0.2, 0.25) is 0 Å². The van der Waals surface area contributed by atoms with Gasteiger partial charge < -0.3 is 29.4 Å². The number of para-hydroxylation sites is 1. The van der Waals surface area contributed by atoms with Gasteiger partial charge in [-0.15, -0.1) is 0 Å². The first-order chi connectivity index (χ1) is 17.6. The fourth-order valence-corrected chi connectivity index (χ4v) is 4.94. The topological polar surface area (TPSA) is 88.5 Å². The van der Waals surface area contributed by atoms with Gasteiger partial charge in [-0.1, -0.05) is 24.3 Å². The minimum atomic E-state index is -0.457. The zero-order valence-electron chi connectivity index (χ0n) is 20.0. The lowest BCUT2D eigenvalue weighted by Gasteiger charge is -2.23. The highest BCUT2D eigenvalue weighted by Gasteiger charge is 2.25. The molecular weight excluding hydrogens is 454 g/mol. The summed E-state index contributed by atoms with van der Waals surface area (Å²) in [5.41, 5.74) is 5.45. The highest BCUT2D eigenvalue weighted by molar-refractivity contribution is 6.00. The first kappa shape index (κ1) is 22.2. The van der Waals surface area contributed by atoms with Crippen molar-refractivity contribution in [3.8, 4) is 22.6 Å². The van der Waals surface area contributed by atoms with Gasteiger partial charge >= 0.3 is 0 Å². The van der Waals surface area contributed by atoms with Gasteiger partial charge in [-0.3, -0.25) is 4.79 Å². The number of carbonyl (C=O) groups is 1. The van der Waals surface area contributed by atoms with Gasteiger partial charge in [0.15, 0.2) is 11.5 Å². The van der Waals surface area contributed by atoms with Crippen molar-refractivity contribution < 1.29 is 19.4 Å². The van der Waals surface area contributed by atoms with Crippen LogP contribution >= 0.6 is 0 Å². The van der Waals surface area contributed by atoms with Crippen molar-refractivity contribution in [1.29, 1.82) is 0 Å². The van der Waals surface area contributed by atoms with Crippen molar-refractivity contribution in [1.82, 2.24) is 14.9 Å². The van der Waals surface area contributed by atoms with Crippen LogP contribution in [0.1, 0.15) is 15.9 Å². The van der Waals surface area contributed by atoms with E-state index in [1.807, 2.05) is 61.9 Å². The zero-order valence-corrected chi connectivity index (χ0v) is 20.0. The molecule has 182 valence electrons. The Morgan fingerprint density at radius 2 is 1.94 bits per heavy atom. The molecule has 5 aromatic rings. The van der Waals surface area contributed by atoms with Gasteiger partial charge in [-0.2, -0.15) is 0 Å². The van der Waals surface area contributed by atoms with E-state index in [1.165, 1.54) is 0 Å². The number of amides is 1. The number of fused-ring (bicyclic) bond motifs is 3. The molecule has 0 fully saturated rings. The number of aliphatic hydroxyl groups is 1. The number of aryl methyl sites for hydroxylation is 1. The summed E-state index contributed by atoms with van der Waals surface area (Å²) in [4.78, 5) is 16.8. The Morgan fingerprint density at radius 3 is 2.83 bits per heavy atom. The van der Waals surface area contributed by atoms with Crippen LogP contribution in [0.25, 0.3) is 32.9 Å². The minimum absolute atomic E-state index is 0.185. The summed E-state index contributed by atoms with van der Waals surface area (Å²) in [6, 6.07) is 19.6. The highest BCUT2D eigenvalue weighted by Crippen LogP contribution is 2.39. The number of rotatable bonds is 6. The van der Waals surface area contributed by atoms with Gasteiger partial charge in [-0.25, -0.2) is 0 Å². The first-order valence-electron chi connectivity index (χ1n) is 12.1. The van der Waals surface area contributed by atoms with Crippen LogP contribution in [0, 0.1) is 0 Å². The number of aliphatic hydroxyl groups excluding tert-OH is 1. The molecule has 0 radical (unpaired) electrons. The van der Waals surface area contributed by atoms with Gasteiger partial charge in [0.25, 0.3) is 5.91 Å². The van der Waals surface area contributed by atoms with Crippen LogP contribution < -0.4 is 14.8 Å². The maximum absolute atomic E-state index is 13.5. The Kier molecular flexibility index (Phi) is 5.62. The largest absolute Gasteiger partial charge is 0.486 e. The van der Waals surface area contributed by atoms with Gasteiger partial charge in [0, 0.05) is 41.2 Å². The molecule has 3 aromatic carbocycles. The monoisotopic (exact) mass is 481 g/mol. The standard InChI is InChI=1S/C29H27N3O4/c1-32-9-8-19-12-18(6-7-26(19)32)20-14-24(28-27(15-20)35-10-11-36-28)29(34)31-22(17-33)13-21-16-30-25-5-3-2-4-23(21)25/h2-9,12,14-16,22,30,33H,10-11,13,17H2,1H3,(H,31,34)/t22-/m1/s1. The summed E-state index contributed by atoms with van der Waals surface area (Å²) in [6.07, 6.45) is 4.45. The number of hydrogen-bond acceptors (Lipinski definition) is 4. The van der Waals surface area contributed by atoms with Crippen LogP contribution in [-0.4, -0.2) is 46.4 Å². The van der Waals surface area contributed by atoms with Crippen LogP contribution in [0.4, 0.5) is 0 Å². The van der Waals surface area contributed by atoms with Crippen LogP contribution in [0.15, 0.2) is 73.1 Å². The van der Waals surface area contributed by atoms with Crippen molar-refractivity contribution in [2.45, 2.75) is 12.5 Å². The van der Waals surface area contributed by atoms with Crippen molar-refractivity contribution in [3.63, 3.8) is 0 Å². The van der Waals surface area contributed by atoms with Crippen molar-refractivity contribution in [3.05, 3.63) is 84.2 Å². The molecule has 0 bridgehead atoms. The molecule has 1 atom stereocenters. The molecule has 1 aliphatic rings. The van der Waals surface area contributed by atoms with E-state index in [-0.39, 0.29) is 12.5 Å². The highest BCUT2D eigenvalue weighted by atomic mass is 16.6. The maximum Gasteiger partial charge on any atom is 0.255 e. The van der Waals surface area contributed by atoms with Gasteiger partial charge in [0.05, 0.1) is 18.2 Å². The van der Waals surface area contributed by atoms with Crippen molar-refractivity contribution in [2.75, 3.05) is 19.8 Å². The summed E-state index contributed by atoms with van der Waals surface area (Å²) in [7, 11) is 2.02. The summed E-state index contributed by atoms with van der Waals surface area (Å²) in [6.45, 7) is 0.617. The van der Waals surface area contributed by atoms with E-state index in [1.54, 1.807) is 0 Å². The molecule has 0 saturated carbocycles. The molecule has 0 saturated heterocycles. The van der Waals surface area contributed by atoms with Crippen LogP contribution in [0.5, 0.6) is 11.5 Å². The molecule has 6 rings (SSSR count). The molecule has 0 unspecified atom stereocenters. The third kappa shape index (κ3) is 3.97. The molecule has 7 heteroatoms. The summed E-state index contributed by atoms with van der Waals surface area (Å²) in [5, 5.41) is 15.3. The third-order valence-corrected chi connectivity index (χ3v) is 6.80. The lowest BCUT2D eigenvalue weighted by atomic mass is 9.99. The van der Waals surface area contributed by atoms with E-state index in [4.69, 9.17) is 9.47 Å². The Labute approximate surface area is 208 Å². The molecule has 3 heterocycles. The number of ether oxygens (including phenoxy) is 2. The zero-order chi connectivity index (χ0) is 24.6. The molecule has 1 aliphatic heterocycles. The van der Waals surface area contributed by atoms with E-state index in [0.29, 0.717) is 36.7 Å². The van der Waals surface area contributed by atoms with Crippen LogP contribution in [0.2, 0.25) is 0 Å². The fraction of sp³-hybridized carbons (Fsp3) is 0.207. The third-order valence-electron chi connectivity index (χ3n) is 6.80. The molecule has 36 heavy (non-hydrogen) atoms. The average molecular weight is 482 g/mol. The van der Waals surface area contributed by atoms with E-state index < -0.39 is 6.04 Å². The Hall–Kier alpha value is -4.23. The van der Waals surface area contributed by atoms with E-state index in [2.05, 4.69) is 33.1 Å². The molecule has 1 amide bonds. The second-order valence-electron chi connectivity index (χ2n) is 9.16. The second-order valence-corrected chi connectivity index (χ2v) is 9.16. The fourth-order valence-electron chi connectivity index (χ4n) is 4.94. The molecule has 0 spiro atoms. The molecule has 0 aliphatic carbocycles. The number of benzene rings is 3. The average Bonchev–Trinajstić information content (AvgIpc) is 3.50. The maximum atomic E-state index is 13.5. The van der Waals surface area contributed by atoms with Crippen LogP contribution in [0.3, 0.4) is 0 Å². The van der Waals surface area contributed by atoms with Gasteiger partial charge in [-0.05, 0) is 59.5 Å². The summed E-state index contributed by atoms with van der Waals surface area (Å²) >= 11 is 0. The molecule has 7 nitrogen and oxygen atoms in total. The second kappa shape index (κ2) is 9.09. The van der Waals surface area contributed by atoms with E-state index >= 15 is 0 Å². The number of H-pyrrole nitrogens is 1. The number of nitrogens with one attached hydrogen (secondary N) is 2. The molecular formula is C29H27N3O4. The number of carbonyl (C=O) groups excluding carboxylic acids is 1. The van der Waals surface area contributed by atoms with Gasteiger partial charge in [0.1, 0.15) is 13.2 Å². The number of aromatic amines is 1. The van der Waals surface area contributed by atoms with Crippen LogP contribution in [-0.2, 0) is 13.5 Å². The smallest absolute Gasteiger partial charge is 0.255 e. The quantitative estimate of drug-likeness (QED) is 0.335. The van der Waals surface area contributed by atoms with Crippen molar-refractivity contribution in [2.24, 2.45) is 7.05 Å². The lowest BCUT2D eigenvalue weighted by molar-refractivity contribution is 0.0906. The molecule has 2 aromatic heterocycles. The van der Waals surface area contributed by atoms with E-state index in [0.717, 1.165) is 38.5 Å². The number of aromatic nitrogens is 2. The predicted molar refractivity (Wildman–Crippen MR) is 140 cm³/mol.